The molecule has 1 aromatic heterocycles. The van der Waals surface area contributed by atoms with Gasteiger partial charge in [-0.2, -0.15) is 13.2 Å². The summed E-state index contributed by atoms with van der Waals surface area (Å²) in [7, 11) is 1.60. The van der Waals surface area contributed by atoms with Crippen LogP contribution in [0.25, 0.3) is 0 Å². The molecule has 0 bridgehead atoms. The van der Waals surface area contributed by atoms with Crippen molar-refractivity contribution in [2.75, 3.05) is 13.3 Å². The molecule has 0 saturated heterocycles. The van der Waals surface area contributed by atoms with E-state index in [4.69, 9.17) is 11.6 Å². The number of amides is 2. The van der Waals surface area contributed by atoms with E-state index in [9.17, 15) is 27.6 Å². The first-order valence-electron chi connectivity index (χ1n) is 11.5. The van der Waals surface area contributed by atoms with Gasteiger partial charge in [0.1, 0.15) is 0 Å². The number of hydrogen-bond donors (Lipinski definition) is 1. The third-order valence-electron chi connectivity index (χ3n) is 6.96. The van der Waals surface area contributed by atoms with Gasteiger partial charge in [0.15, 0.2) is 5.16 Å². The van der Waals surface area contributed by atoms with E-state index in [-0.39, 0.29) is 42.0 Å². The number of carbonyl (C=O) groups is 2. The van der Waals surface area contributed by atoms with Gasteiger partial charge in [-0.15, -0.1) is 0 Å². The Morgan fingerprint density at radius 2 is 1.97 bits per heavy atom. The van der Waals surface area contributed by atoms with Crippen molar-refractivity contribution < 1.29 is 22.8 Å². The van der Waals surface area contributed by atoms with Crippen LogP contribution in [0.3, 0.4) is 0 Å². The summed E-state index contributed by atoms with van der Waals surface area (Å²) in [6.45, 7) is 1.76. The number of halogens is 4. The Labute approximate surface area is 215 Å². The smallest absolute Gasteiger partial charge is 0.359 e. The van der Waals surface area contributed by atoms with Crippen molar-refractivity contribution in [2.24, 2.45) is 5.92 Å². The zero-order chi connectivity index (χ0) is 26.4. The molecule has 2 heterocycles. The van der Waals surface area contributed by atoms with Gasteiger partial charge < -0.3 is 10.2 Å². The quantitative estimate of drug-likeness (QED) is 0.460. The molecule has 0 radical (unpaired) electrons. The van der Waals surface area contributed by atoms with Crippen LogP contribution in [0, 0.1) is 5.92 Å². The molecule has 2 aliphatic rings. The van der Waals surface area contributed by atoms with Crippen molar-refractivity contribution in [1.82, 2.24) is 19.8 Å². The summed E-state index contributed by atoms with van der Waals surface area (Å²) in [5, 5.41) is 2.68. The van der Waals surface area contributed by atoms with Crippen LogP contribution in [-0.2, 0) is 23.9 Å². The van der Waals surface area contributed by atoms with Crippen LogP contribution in [0.2, 0.25) is 5.02 Å². The maximum atomic E-state index is 13.6. The first-order valence-corrected chi connectivity index (χ1v) is 13.1. The fraction of sp³-hybridized carbons (Fsp3) is 0.500. The van der Waals surface area contributed by atoms with E-state index in [1.807, 2.05) is 0 Å². The Morgan fingerprint density at radius 3 is 2.61 bits per heavy atom. The second-order valence-electron chi connectivity index (χ2n) is 9.16. The highest BCUT2D eigenvalue weighted by atomic mass is 35.5. The minimum atomic E-state index is -4.69. The molecule has 2 amide bonds. The average Bonchev–Trinajstić information content (AvgIpc) is 3.32. The van der Waals surface area contributed by atoms with Crippen molar-refractivity contribution in [3.63, 3.8) is 0 Å². The van der Waals surface area contributed by atoms with Crippen LogP contribution in [0.4, 0.5) is 13.2 Å². The van der Waals surface area contributed by atoms with Crippen molar-refractivity contribution >= 4 is 35.2 Å². The van der Waals surface area contributed by atoms with Gasteiger partial charge >= 0.3 is 6.18 Å². The average molecular weight is 543 g/mol. The van der Waals surface area contributed by atoms with Crippen LogP contribution < -0.4 is 10.9 Å². The standard InChI is InChI=1S/C24H26ClF3N4O3S/c1-12-8-16-19(11-31(12)21(34)14-5-7-18(25)17(10-14)24(26,27)28)30-23(36-3)32(22(16)35)15-6-4-13(9-15)20(33)29-2/h5,7,10,12-13,15H,4,6,8-9,11H2,1-3H3,(H,29,33)/t12-,13+,15+/m1/s1. The number of thioether (sulfide) groups is 1. The molecule has 3 atom stereocenters. The maximum absolute atomic E-state index is 13.6. The number of rotatable bonds is 4. The van der Waals surface area contributed by atoms with Gasteiger partial charge in [-0.05, 0) is 57.1 Å². The molecule has 1 aliphatic heterocycles. The summed E-state index contributed by atoms with van der Waals surface area (Å²) >= 11 is 7.01. The second kappa shape index (κ2) is 10.1. The van der Waals surface area contributed by atoms with Gasteiger partial charge in [0, 0.05) is 36.2 Å². The molecule has 194 valence electrons. The van der Waals surface area contributed by atoms with Gasteiger partial charge in [-0.25, -0.2) is 4.98 Å². The van der Waals surface area contributed by atoms with E-state index in [0.717, 1.165) is 12.1 Å². The van der Waals surface area contributed by atoms with Gasteiger partial charge in [-0.3, -0.25) is 19.0 Å². The van der Waals surface area contributed by atoms with E-state index in [2.05, 4.69) is 10.3 Å². The summed E-state index contributed by atoms with van der Waals surface area (Å²) in [5.74, 6) is -0.789. The molecule has 1 saturated carbocycles. The largest absolute Gasteiger partial charge is 0.417 e. The highest BCUT2D eigenvalue weighted by molar-refractivity contribution is 7.98. The van der Waals surface area contributed by atoms with Crippen molar-refractivity contribution in [2.45, 2.75) is 62.6 Å². The van der Waals surface area contributed by atoms with E-state index >= 15 is 0 Å². The van der Waals surface area contributed by atoms with E-state index in [0.29, 0.717) is 35.7 Å². The number of aromatic nitrogens is 2. The summed E-state index contributed by atoms with van der Waals surface area (Å²) in [5.41, 5.74) is -0.446. The number of nitrogens with one attached hydrogen (secondary N) is 1. The number of benzene rings is 1. The van der Waals surface area contributed by atoms with Crippen LogP contribution >= 0.6 is 23.4 Å². The third-order valence-corrected chi connectivity index (χ3v) is 7.95. The lowest BCUT2D eigenvalue weighted by Gasteiger charge is -2.35. The number of carbonyl (C=O) groups excluding carboxylic acids is 2. The van der Waals surface area contributed by atoms with Crippen LogP contribution in [0.5, 0.6) is 0 Å². The summed E-state index contributed by atoms with van der Waals surface area (Å²) in [6, 6.07) is 2.51. The summed E-state index contributed by atoms with van der Waals surface area (Å²) in [4.78, 5) is 45.0. The van der Waals surface area contributed by atoms with E-state index in [1.165, 1.54) is 22.7 Å². The molecule has 0 spiro atoms. The van der Waals surface area contributed by atoms with Gasteiger partial charge in [0.25, 0.3) is 11.5 Å². The number of hydrogen-bond acceptors (Lipinski definition) is 5. The molecule has 1 N–H and O–H groups in total. The summed E-state index contributed by atoms with van der Waals surface area (Å²) in [6.07, 6.45) is -0.745. The fourth-order valence-electron chi connectivity index (χ4n) is 5.06. The van der Waals surface area contributed by atoms with Crippen molar-refractivity contribution in [3.8, 4) is 0 Å². The second-order valence-corrected chi connectivity index (χ2v) is 10.3. The van der Waals surface area contributed by atoms with Crippen molar-refractivity contribution in [1.29, 1.82) is 0 Å². The molecule has 4 rings (SSSR count). The molecular formula is C24H26ClF3N4O3S. The SMILES string of the molecule is CNC(=O)[C@H]1CC[C@H](n2c(SC)nc3c(c2=O)C[C@@H](C)N(C(=O)c2ccc(Cl)c(C(F)(F)F)c2)C3)C1. The Morgan fingerprint density at radius 1 is 1.25 bits per heavy atom. The Balaban J connectivity index is 1.65. The molecule has 1 fully saturated rings. The van der Waals surface area contributed by atoms with E-state index < -0.39 is 28.7 Å². The summed E-state index contributed by atoms with van der Waals surface area (Å²) < 4.78 is 41.6. The fourth-order valence-corrected chi connectivity index (χ4v) is 5.92. The molecule has 36 heavy (non-hydrogen) atoms. The van der Waals surface area contributed by atoms with Crippen LogP contribution in [-0.4, -0.2) is 45.6 Å². The topological polar surface area (TPSA) is 84.3 Å². The zero-order valence-corrected chi connectivity index (χ0v) is 21.6. The molecule has 12 heteroatoms. The maximum Gasteiger partial charge on any atom is 0.417 e. The molecule has 7 nitrogen and oxygen atoms in total. The van der Waals surface area contributed by atoms with Crippen LogP contribution in [0.15, 0.2) is 28.2 Å². The number of fused-ring (bicyclic) bond motifs is 1. The first-order chi connectivity index (χ1) is 17.0. The highest BCUT2D eigenvalue weighted by Gasteiger charge is 2.37. The highest BCUT2D eigenvalue weighted by Crippen LogP contribution is 2.37. The first kappa shape index (κ1) is 26.5. The van der Waals surface area contributed by atoms with E-state index in [1.54, 1.807) is 24.8 Å². The Bertz CT molecular complexity index is 1270. The lowest BCUT2D eigenvalue weighted by Crippen LogP contribution is -2.46. The molecular weight excluding hydrogens is 517 g/mol. The molecule has 1 aromatic carbocycles. The number of alkyl halides is 3. The monoisotopic (exact) mass is 542 g/mol. The minimum Gasteiger partial charge on any atom is -0.359 e. The zero-order valence-electron chi connectivity index (χ0n) is 20.0. The minimum absolute atomic E-state index is 0.00842. The lowest BCUT2D eigenvalue weighted by atomic mass is 9.98. The predicted octanol–water partition coefficient (Wildman–Crippen LogP) is 4.31. The molecule has 0 unspecified atom stereocenters. The molecule has 1 aliphatic carbocycles. The normalized spacial score (nSPS) is 21.9. The van der Waals surface area contributed by atoms with Crippen molar-refractivity contribution in [3.05, 3.63) is 56.0 Å². The molecule has 2 aromatic rings. The van der Waals surface area contributed by atoms with Gasteiger partial charge in [0.2, 0.25) is 5.91 Å². The number of nitrogens with zero attached hydrogens (tertiary/aromatic N) is 3. The van der Waals surface area contributed by atoms with Gasteiger partial charge in [0.05, 0.1) is 22.8 Å². The van der Waals surface area contributed by atoms with Gasteiger partial charge in [-0.1, -0.05) is 23.4 Å². The Kier molecular flexibility index (Phi) is 7.43. The predicted molar refractivity (Wildman–Crippen MR) is 130 cm³/mol. The third kappa shape index (κ3) is 4.87. The Hall–Kier alpha value is -2.53. The van der Waals surface area contributed by atoms with Crippen LogP contribution in [0.1, 0.15) is 59.4 Å². The lowest BCUT2D eigenvalue weighted by molar-refractivity contribution is -0.137.